The first-order valence-electron chi connectivity index (χ1n) is 7.26. The molecular formula is C17H20N2O3S. The Hall–Kier alpha value is -2.18. The Bertz CT molecular complexity index is 841. The van der Waals surface area contributed by atoms with Crippen LogP contribution in [0.15, 0.2) is 41.3 Å². The van der Waals surface area contributed by atoms with E-state index in [1.54, 1.807) is 19.9 Å². The molecule has 0 bridgehead atoms. The lowest BCUT2D eigenvalue weighted by Crippen LogP contribution is -2.17. The van der Waals surface area contributed by atoms with Gasteiger partial charge in [-0.05, 0) is 61.2 Å². The normalized spacial score (nSPS) is 11.3. The van der Waals surface area contributed by atoms with Crippen molar-refractivity contribution in [1.82, 2.24) is 0 Å². The molecule has 0 atom stereocenters. The highest BCUT2D eigenvalue weighted by Gasteiger charge is 2.17. The highest BCUT2D eigenvalue weighted by atomic mass is 32.2. The zero-order valence-corrected chi connectivity index (χ0v) is 14.2. The first-order chi connectivity index (χ1) is 10.7. The fourth-order valence-corrected chi connectivity index (χ4v) is 3.16. The molecule has 0 saturated carbocycles. The van der Waals surface area contributed by atoms with Crippen molar-refractivity contribution in [3.05, 3.63) is 58.7 Å². The first kappa shape index (κ1) is 17.2. The number of nitrogens with one attached hydrogen (secondary N) is 1. The van der Waals surface area contributed by atoms with Gasteiger partial charge in [-0.15, -0.1) is 0 Å². The molecule has 2 aromatic carbocycles. The summed E-state index contributed by atoms with van der Waals surface area (Å²) in [6, 6.07) is 10.5. The van der Waals surface area contributed by atoms with Gasteiger partial charge in [-0.25, -0.2) is 13.6 Å². The summed E-state index contributed by atoms with van der Waals surface area (Å²) >= 11 is 0. The van der Waals surface area contributed by atoms with E-state index in [1.165, 1.54) is 11.6 Å². The number of anilines is 1. The number of amides is 1. The van der Waals surface area contributed by atoms with E-state index >= 15 is 0 Å². The van der Waals surface area contributed by atoms with Gasteiger partial charge in [0.2, 0.25) is 10.0 Å². The van der Waals surface area contributed by atoms with E-state index in [4.69, 9.17) is 5.14 Å². The quantitative estimate of drug-likeness (QED) is 0.902. The van der Waals surface area contributed by atoms with Gasteiger partial charge < -0.3 is 5.32 Å². The average Bonchev–Trinajstić information content (AvgIpc) is 2.49. The summed E-state index contributed by atoms with van der Waals surface area (Å²) in [5, 5.41) is 7.98. The number of sulfonamides is 1. The second kappa shape index (κ2) is 6.52. The Kier molecular flexibility index (Phi) is 4.87. The van der Waals surface area contributed by atoms with E-state index in [0.717, 1.165) is 6.42 Å². The van der Waals surface area contributed by atoms with Gasteiger partial charge in [0.25, 0.3) is 5.91 Å². The molecule has 0 aliphatic rings. The fraction of sp³-hybridized carbons (Fsp3) is 0.235. The Morgan fingerprint density at radius 2 is 1.74 bits per heavy atom. The maximum absolute atomic E-state index is 12.4. The molecule has 0 aliphatic heterocycles. The molecule has 1 amide bonds. The topological polar surface area (TPSA) is 89.3 Å². The van der Waals surface area contributed by atoms with Crippen molar-refractivity contribution in [2.45, 2.75) is 32.1 Å². The van der Waals surface area contributed by atoms with E-state index in [-0.39, 0.29) is 16.4 Å². The fourth-order valence-electron chi connectivity index (χ4n) is 2.28. The van der Waals surface area contributed by atoms with Crippen molar-refractivity contribution in [2.75, 3.05) is 5.32 Å². The van der Waals surface area contributed by atoms with Crippen LogP contribution in [0.4, 0.5) is 5.69 Å². The van der Waals surface area contributed by atoms with Crippen LogP contribution in [0.2, 0.25) is 0 Å². The number of carbonyl (C=O) groups is 1. The largest absolute Gasteiger partial charge is 0.322 e. The molecule has 2 rings (SSSR count). The van der Waals surface area contributed by atoms with Crippen molar-refractivity contribution in [3.63, 3.8) is 0 Å². The molecule has 23 heavy (non-hydrogen) atoms. The minimum Gasteiger partial charge on any atom is -0.322 e. The zero-order chi connectivity index (χ0) is 17.2. The summed E-state index contributed by atoms with van der Waals surface area (Å²) in [5.74, 6) is -0.373. The standard InChI is InChI=1S/C17H20N2O3S/c1-4-13-5-7-15(8-6-13)19-17(20)14-9-11(2)12(3)16(10-14)23(18,21)22/h5-10H,4H2,1-3H3,(H,19,20)(H2,18,21,22). The molecule has 0 unspecified atom stereocenters. The second-order valence-electron chi connectivity index (χ2n) is 5.47. The third-order valence-corrected chi connectivity index (χ3v) is 4.85. The molecule has 0 saturated heterocycles. The lowest BCUT2D eigenvalue weighted by molar-refractivity contribution is 0.102. The summed E-state index contributed by atoms with van der Waals surface area (Å²) in [4.78, 5) is 12.3. The third-order valence-electron chi connectivity index (χ3n) is 3.81. The summed E-state index contributed by atoms with van der Waals surface area (Å²) in [5.41, 5.74) is 3.34. The predicted molar refractivity (Wildman–Crippen MR) is 91.1 cm³/mol. The van der Waals surface area contributed by atoms with Crippen LogP contribution in [0.25, 0.3) is 0 Å². The third kappa shape index (κ3) is 3.97. The van der Waals surface area contributed by atoms with Gasteiger partial charge >= 0.3 is 0 Å². The second-order valence-corrected chi connectivity index (χ2v) is 7.00. The van der Waals surface area contributed by atoms with Gasteiger partial charge in [0, 0.05) is 11.3 Å². The first-order valence-corrected chi connectivity index (χ1v) is 8.81. The Labute approximate surface area is 136 Å². The van der Waals surface area contributed by atoms with Gasteiger partial charge in [-0.3, -0.25) is 4.79 Å². The van der Waals surface area contributed by atoms with E-state index in [9.17, 15) is 13.2 Å². The molecule has 122 valence electrons. The van der Waals surface area contributed by atoms with Crippen LogP contribution in [-0.4, -0.2) is 14.3 Å². The maximum Gasteiger partial charge on any atom is 0.255 e. The molecule has 0 heterocycles. The van der Waals surface area contributed by atoms with E-state index in [1.807, 2.05) is 24.3 Å². The number of hydrogen-bond acceptors (Lipinski definition) is 3. The average molecular weight is 332 g/mol. The molecule has 0 aliphatic carbocycles. The van der Waals surface area contributed by atoms with E-state index < -0.39 is 10.0 Å². The van der Waals surface area contributed by atoms with Gasteiger partial charge in [0.1, 0.15) is 0 Å². The Morgan fingerprint density at radius 3 is 2.26 bits per heavy atom. The predicted octanol–water partition coefficient (Wildman–Crippen LogP) is 2.77. The lowest BCUT2D eigenvalue weighted by Gasteiger charge is -2.11. The van der Waals surface area contributed by atoms with Gasteiger partial charge in [-0.2, -0.15) is 0 Å². The Morgan fingerprint density at radius 1 is 1.13 bits per heavy atom. The van der Waals surface area contributed by atoms with Crippen LogP contribution >= 0.6 is 0 Å². The minimum atomic E-state index is -3.87. The zero-order valence-electron chi connectivity index (χ0n) is 13.4. The number of hydrogen-bond donors (Lipinski definition) is 2. The monoisotopic (exact) mass is 332 g/mol. The van der Waals surface area contributed by atoms with Crippen LogP contribution < -0.4 is 10.5 Å². The van der Waals surface area contributed by atoms with Crippen LogP contribution in [0, 0.1) is 13.8 Å². The van der Waals surface area contributed by atoms with Crippen LogP contribution in [0.5, 0.6) is 0 Å². The van der Waals surface area contributed by atoms with Crippen molar-refractivity contribution in [3.8, 4) is 0 Å². The highest BCUT2D eigenvalue weighted by Crippen LogP contribution is 2.21. The van der Waals surface area contributed by atoms with Crippen LogP contribution in [0.1, 0.15) is 34.0 Å². The molecule has 5 nitrogen and oxygen atoms in total. The molecule has 0 spiro atoms. The van der Waals surface area contributed by atoms with Crippen molar-refractivity contribution in [1.29, 1.82) is 0 Å². The number of nitrogens with two attached hydrogens (primary N) is 1. The van der Waals surface area contributed by atoms with E-state index in [2.05, 4.69) is 12.2 Å². The summed E-state index contributed by atoms with van der Waals surface area (Å²) in [7, 11) is -3.87. The smallest absolute Gasteiger partial charge is 0.255 e. The molecule has 2 aromatic rings. The Balaban J connectivity index is 2.34. The van der Waals surface area contributed by atoms with Crippen LogP contribution in [0.3, 0.4) is 0 Å². The minimum absolute atomic E-state index is 0.0241. The molecular weight excluding hydrogens is 312 g/mol. The van der Waals surface area contributed by atoms with Gasteiger partial charge in [0.05, 0.1) is 4.90 Å². The summed E-state index contributed by atoms with van der Waals surface area (Å²) in [6.07, 6.45) is 0.920. The highest BCUT2D eigenvalue weighted by molar-refractivity contribution is 7.89. The molecule has 0 aromatic heterocycles. The number of benzene rings is 2. The van der Waals surface area contributed by atoms with Crippen molar-refractivity contribution < 1.29 is 13.2 Å². The molecule has 0 fully saturated rings. The maximum atomic E-state index is 12.4. The summed E-state index contributed by atoms with van der Waals surface area (Å²) < 4.78 is 23.3. The van der Waals surface area contributed by atoms with Crippen molar-refractivity contribution in [2.24, 2.45) is 5.14 Å². The number of primary sulfonamides is 1. The SMILES string of the molecule is CCc1ccc(NC(=O)c2cc(C)c(C)c(S(N)(=O)=O)c2)cc1. The number of aryl methyl sites for hydroxylation is 2. The van der Waals surface area contributed by atoms with Crippen LogP contribution in [-0.2, 0) is 16.4 Å². The molecule has 6 heteroatoms. The number of rotatable bonds is 4. The van der Waals surface area contributed by atoms with Gasteiger partial charge in [-0.1, -0.05) is 19.1 Å². The summed E-state index contributed by atoms with van der Waals surface area (Å²) in [6.45, 7) is 5.47. The molecule has 3 N–H and O–H groups in total. The lowest BCUT2D eigenvalue weighted by atomic mass is 10.1. The molecule has 0 radical (unpaired) electrons. The number of carbonyl (C=O) groups excluding carboxylic acids is 1. The van der Waals surface area contributed by atoms with E-state index in [0.29, 0.717) is 16.8 Å². The van der Waals surface area contributed by atoms with Gasteiger partial charge in [0.15, 0.2) is 0 Å². The van der Waals surface area contributed by atoms with Crippen molar-refractivity contribution >= 4 is 21.6 Å².